The van der Waals surface area contributed by atoms with Gasteiger partial charge in [0.1, 0.15) is 30.4 Å². The Bertz CT molecular complexity index is 5980. The van der Waals surface area contributed by atoms with E-state index in [0.29, 0.717) is 0 Å². The summed E-state index contributed by atoms with van der Waals surface area (Å²) in [5.41, 5.74) is 24.7. The van der Waals surface area contributed by atoms with Gasteiger partial charge in [-0.25, -0.2) is 55.2 Å². The third-order valence-electron chi connectivity index (χ3n) is 17.0. The van der Waals surface area contributed by atoms with E-state index in [9.17, 15) is 38.9 Å². The maximum atomic E-state index is 11.4. The van der Waals surface area contributed by atoms with E-state index < -0.39 is 30.4 Å². The molecule has 24 bridgehead atoms. The number of rotatable bonds is 6. The standard InChI is InChI=1S/3C26H18N4O3S.ClH.Mn/c3*31-34(32,33)23-9-1-16(2-10-23)26-24-11-7-21(29-24)14-19-5-3-17(27-19)13-18-4-6-20(28-18)15-22-8-12-25(26)30-22;;/h3*1-15,27,30H,(H,31,32,33);1H;/q;;;;+3/p-4. The van der Waals surface area contributed by atoms with Gasteiger partial charge in [0, 0.05) is 82.9 Å². The van der Waals surface area contributed by atoms with E-state index in [1.54, 1.807) is 36.4 Å². The van der Waals surface area contributed by atoms with Crippen LogP contribution in [0.4, 0.5) is 0 Å². The van der Waals surface area contributed by atoms with Crippen LogP contribution in [0.15, 0.2) is 215 Å². The minimum absolute atomic E-state index is 0. The van der Waals surface area contributed by atoms with Crippen molar-refractivity contribution in [3.63, 3.8) is 0 Å². The van der Waals surface area contributed by atoms with Crippen molar-refractivity contribution < 1.29 is 68.4 Å². The number of nitrogens with zero attached hydrogens (tertiary/aromatic N) is 6. The topological polar surface area (TPSA) is 344 Å². The largest absolute Gasteiger partial charge is 3.00 e. The van der Waals surface area contributed by atoms with Crippen LogP contribution in [0.2, 0.25) is 0 Å². The van der Waals surface area contributed by atoms with Crippen LogP contribution in [-0.2, 0) is 47.4 Å². The van der Waals surface area contributed by atoms with E-state index in [0.717, 1.165) is 168 Å². The fourth-order valence-electron chi connectivity index (χ4n) is 12.3. The minimum atomic E-state index is -4.53. The molecule has 0 spiro atoms. The van der Waals surface area contributed by atoms with Gasteiger partial charge in [0.15, 0.2) is 0 Å². The summed E-state index contributed by atoms with van der Waals surface area (Å²) in [4.78, 5) is 47.9. The molecule has 0 unspecified atom stereocenters. The molecule has 12 aromatic rings. The minimum Gasteiger partial charge on any atom is -1.00 e. The fourth-order valence-corrected chi connectivity index (χ4v) is 13.7. The Balaban J connectivity index is 0.000000130. The molecule has 15 heterocycles. The molecule has 104 heavy (non-hydrogen) atoms. The maximum absolute atomic E-state index is 11.4. The smallest absolute Gasteiger partial charge is 1.00 e. The zero-order valence-electron chi connectivity index (χ0n) is 53.8. The van der Waals surface area contributed by atoms with Gasteiger partial charge in [-0.15, -0.1) is 0 Å². The second kappa shape index (κ2) is 28.1. The summed E-state index contributed by atoms with van der Waals surface area (Å²) in [6.45, 7) is 0. The number of aromatic amines is 6. The second-order valence-corrected chi connectivity index (χ2v) is 28.2. The number of nitrogens with one attached hydrogen (secondary N) is 6. The van der Waals surface area contributed by atoms with Crippen LogP contribution in [0.25, 0.3) is 172 Å². The molecule has 26 heteroatoms. The molecule has 510 valence electrons. The van der Waals surface area contributed by atoms with E-state index in [-0.39, 0.29) is 44.2 Å². The molecule has 18 rings (SSSR count). The molecule has 0 radical (unpaired) electrons. The molecule has 0 saturated carbocycles. The van der Waals surface area contributed by atoms with Crippen molar-refractivity contribution in [3.8, 4) is 33.4 Å². The Morgan fingerprint density at radius 3 is 0.625 bits per heavy atom. The number of fused-ring (bicyclic) bond motifs is 24. The van der Waals surface area contributed by atoms with Crippen molar-refractivity contribution in [1.29, 1.82) is 0 Å². The fraction of sp³-hybridized carbons (Fsp3) is 0. The first kappa shape index (κ1) is 69.1. The van der Waals surface area contributed by atoms with E-state index >= 15 is 0 Å². The van der Waals surface area contributed by atoms with Gasteiger partial charge in [-0.3, -0.25) is 0 Å². The molecule has 6 aliphatic rings. The molecule has 0 atom stereocenters. The first-order valence-electron chi connectivity index (χ1n) is 31.6. The summed E-state index contributed by atoms with van der Waals surface area (Å²) in [6, 6.07) is 59.0. The molecule has 6 N–H and O–H groups in total. The first-order chi connectivity index (χ1) is 49.2. The van der Waals surface area contributed by atoms with Crippen LogP contribution < -0.4 is 12.4 Å². The Morgan fingerprint density at radius 2 is 0.413 bits per heavy atom. The van der Waals surface area contributed by atoms with Gasteiger partial charge in [-0.05, 0) is 253 Å². The van der Waals surface area contributed by atoms with E-state index in [1.807, 2.05) is 200 Å². The molecule has 6 aliphatic heterocycles. The summed E-state index contributed by atoms with van der Waals surface area (Å²) in [5, 5.41) is 0. The molecule has 0 fully saturated rings. The maximum Gasteiger partial charge on any atom is 3.00 e. The Morgan fingerprint density at radius 1 is 0.231 bits per heavy atom. The van der Waals surface area contributed by atoms with Gasteiger partial charge in [-0.2, -0.15) is 0 Å². The summed E-state index contributed by atoms with van der Waals surface area (Å²) in [7, 11) is -13.6. The number of hydrogen-bond donors (Lipinski definition) is 6. The SMILES string of the molecule is O=S(=O)([O-])c1ccc(-c2c3nc(cc4ccc(cc5nc(cc6ccc2[nH]6)C=C5)[nH]4)C=C3)cc1.O=S(=O)([O-])c1ccc(-c2c3nc(cc4ccc(cc5nc(cc6ccc2[nH]6)C=C5)[nH]4)C=C3)cc1.O=S(=O)([O-])c1ccc(-c2c3nc(cc4ccc(cc5nc(cc6ccc2[nH]6)C=C5)[nH]4)C=C3)cc1.[Cl-].[Mn+3]. The number of aromatic nitrogens is 12. The van der Waals surface area contributed by atoms with Crippen molar-refractivity contribution in [2.45, 2.75) is 14.7 Å². The molecule has 9 aromatic heterocycles. The number of H-pyrrole nitrogens is 6. The third-order valence-corrected chi connectivity index (χ3v) is 19.5. The van der Waals surface area contributed by atoms with Gasteiger partial charge in [0.2, 0.25) is 0 Å². The molecule has 3 aromatic carbocycles. The predicted octanol–water partition coefficient (Wildman–Crippen LogP) is 12.7. The van der Waals surface area contributed by atoms with Crippen LogP contribution in [0.1, 0.15) is 68.3 Å². The molecule has 0 amide bonds. The van der Waals surface area contributed by atoms with Crippen LogP contribution in [0.3, 0.4) is 0 Å². The Hall–Kier alpha value is -12.0. The summed E-state index contributed by atoms with van der Waals surface area (Å²) >= 11 is 0. The van der Waals surface area contributed by atoms with Gasteiger partial charge >= 0.3 is 17.1 Å². The van der Waals surface area contributed by atoms with Gasteiger partial charge in [0.05, 0.1) is 83.0 Å². The van der Waals surface area contributed by atoms with Gasteiger partial charge < -0.3 is 56.0 Å². The monoisotopic (exact) mass is 1490 g/mol. The quantitative estimate of drug-likeness (QED) is 0.0665. The van der Waals surface area contributed by atoms with Crippen LogP contribution in [0, 0.1) is 0 Å². The van der Waals surface area contributed by atoms with Crippen LogP contribution >= 0.6 is 0 Å². The zero-order valence-corrected chi connectivity index (χ0v) is 58.2. The Kier molecular flexibility index (Phi) is 18.7. The molecule has 21 nitrogen and oxygen atoms in total. The van der Waals surface area contributed by atoms with E-state index in [2.05, 4.69) is 44.9 Å². The van der Waals surface area contributed by atoms with Crippen LogP contribution in [0.5, 0.6) is 0 Å². The van der Waals surface area contributed by atoms with Crippen molar-refractivity contribution in [3.05, 3.63) is 269 Å². The summed E-state index contributed by atoms with van der Waals surface area (Å²) in [5.74, 6) is 0. The number of benzene rings is 3. The third kappa shape index (κ3) is 15.3. The average Bonchev–Trinajstić information content (AvgIpc) is 1.61. The summed E-state index contributed by atoms with van der Waals surface area (Å²) < 4.78 is 103. The number of halogens is 1. The molecular formula is C78H51ClMnN12O9S3-. The van der Waals surface area contributed by atoms with Crippen LogP contribution in [-0.4, -0.2) is 98.7 Å². The second-order valence-electron chi connectivity index (χ2n) is 24.1. The molecule has 0 saturated heterocycles. The average molecular weight is 1490 g/mol. The number of hydrogen-bond acceptors (Lipinski definition) is 15. The zero-order chi connectivity index (χ0) is 69.9. The molecule has 0 aliphatic carbocycles. The first-order valence-corrected chi connectivity index (χ1v) is 35.9. The van der Waals surface area contributed by atoms with Crippen molar-refractivity contribution >= 4 is 169 Å². The van der Waals surface area contributed by atoms with E-state index in [4.69, 9.17) is 15.0 Å². The Labute approximate surface area is 609 Å². The predicted molar refractivity (Wildman–Crippen MR) is 397 cm³/mol. The van der Waals surface area contributed by atoms with Crippen molar-refractivity contribution in [1.82, 2.24) is 59.8 Å². The molecular weight excluding hydrogens is 1440 g/mol. The van der Waals surface area contributed by atoms with Gasteiger partial charge in [0.25, 0.3) is 0 Å². The van der Waals surface area contributed by atoms with E-state index in [1.165, 1.54) is 36.4 Å². The van der Waals surface area contributed by atoms with Gasteiger partial charge in [-0.1, -0.05) is 36.4 Å². The normalized spacial score (nSPS) is 12.6. The van der Waals surface area contributed by atoms with Crippen molar-refractivity contribution in [2.24, 2.45) is 0 Å². The van der Waals surface area contributed by atoms with Crippen molar-refractivity contribution in [2.75, 3.05) is 0 Å². The summed E-state index contributed by atoms with van der Waals surface area (Å²) in [6.07, 6.45) is 23.3.